The summed E-state index contributed by atoms with van der Waals surface area (Å²) in [4.78, 5) is 33.8. The zero-order chi connectivity index (χ0) is 24.2. The van der Waals surface area contributed by atoms with Gasteiger partial charge in [-0.25, -0.2) is 0 Å². The van der Waals surface area contributed by atoms with Gasteiger partial charge in [0.2, 0.25) is 5.91 Å². The Bertz CT molecular complexity index is 1220. The number of hydrogen-bond donors (Lipinski definition) is 1. The van der Waals surface area contributed by atoms with Crippen LogP contribution in [0.15, 0.2) is 67.0 Å². The van der Waals surface area contributed by atoms with Crippen LogP contribution >= 0.6 is 23.8 Å². The smallest absolute Gasteiger partial charge is 0.256 e. The quantitative estimate of drug-likeness (QED) is 0.484. The van der Waals surface area contributed by atoms with Crippen LogP contribution in [-0.2, 0) is 16.1 Å². The van der Waals surface area contributed by atoms with Crippen molar-refractivity contribution >= 4 is 52.1 Å². The minimum absolute atomic E-state index is 0.0668. The summed E-state index contributed by atoms with van der Waals surface area (Å²) >= 11 is 11.9. The van der Waals surface area contributed by atoms with E-state index in [0.717, 1.165) is 11.1 Å². The van der Waals surface area contributed by atoms with Crippen molar-refractivity contribution < 1.29 is 14.3 Å². The monoisotopic (exact) mass is 494 g/mol. The molecular formula is C25H23ClN4O3S. The lowest BCUT2D eigenvalue weighted by molar-refractivity contribution is -0.124. The molecule has 0 saturated carbocycles. The van der Waals surface area contributed by atoms with E-state index >= 15 is 0 Å². The summed E-state index contributed by atoms with van der Waals surface area (Å²) in [6.45, 7) is 2.20. The molecule has 1 N–H and O–H groups in total. The van der Waals surface area contributed by atoms with Gasteiger partial charge in [-0.15, -0.1) is 0 Å². The highest BCUT2D eigenvalue weighted by Crippen LogP contribution is 2.30. The third-order valence-corrected chi connectivity index (χ3v) is 6.50. The van der Waals surface area contributed by atoms with E-state index in [4.69, 9.17) is 28.6 Å². The molecule has 0 unspecified atom stereocenters. The second-order valence-corrected chi connectivity index (χ2v) is 8.59. The Morgan fingerprint density at radius 1 is 1.15 bits per heavy atom. The number of carbonyl (C=O) groups excluding carboxylic acids is 2. The van der Waals surface area contributed by atoms with Gasteiger partial charge in [-0.2, -0.15) is 0 Å². The van der Waals surface area contributed by atoms with Crippen LogP contribution in [0.3, 0.4) is 0 Å². The van der Waals surface area contributed by atoms with Gasteiger partial charge in [-0.05, 0) is 78.8 Å². The first-order valence-electron chi connectivity index (χ1n) is 10.6. The number of rotatable bonds is 7. The highest BCUT2D eigenvalue weighted by molar-refractivity contribution is 7.80. The normalized spacial score (nSPS) is 15.6. The number of methoxy groups -OCH3 is 1. The predicted octanol–water partition coefficient (Wildman–Crippen LogP) is 4.58. The molecule has 0 bridgehead atoms. The summed E-state index contributed by atoms with van der Waals surface area (Å²) in [6.07, 6.45) is 3.30. The fraction of sp³-hybridized carbons (Fsp3) is 0.200. The molecule has 34 heavy (non-hydrogen) atoms. The van der Waals surface area contributed by atoms with Crippen molar-refractivity contribution in [2.75, 3.05) is 17.3 Å². The Kier molecular flexibility index (Phi) is 7.09. The number of hydrogen-bond acceptors (Lipinski definition) is 5. The Morgan fingerprint density at radius 2 is 1.85 bits per heavy atom. The minimum Gasteiger partial charge on any atom is -0.497 e. The number of halogens is 1. The van der Waals surface area contributed by atoms with E-state index in [2.05, 4.69) is 10.3 Å². The van der Waals surface area contributed by atoms with Gasteiger partial charge in [0.1, 0.15) is 11.8 Å². The van der Waals surface area contributed by atoms with Gasteiger partial charge < -0.3 is 15.0 Å². The number of pyridine rings is 1. The van der Waals surface area contributed by atoms with E-state index in [1.165, 1.54) is 4.90 Å². The first-order valence-corrected chi connectivity index (χ1v) is 11.4. The molecule has 7 nitrogen and oxygen atoms in total. The molecule has 9 heteroatoms. The maximum Gasteiger partial charge on any atom is 0.256 e. The van der Waals surface area contributed by atoms with Crippen molar-refractivity contribution in [1.29, 1.82) is 0 Å². The Hall–Kier alpha value is -3.49. The Labute approximate surface area is 208 Å². The van der Waals surface area contributed by atoms with Crippen LogP contribution in [0.2, 0.25) is 5.02 Å². The lowest BCUT2D eigenvalue weighted by Crippen LogP contribution is -2.37. The van der Waals surface area contributed by atoms with Gasteiger partial charge in [0.25, 0.3) is 5.91 Å². The van der Waals surface area contributed by atoms with Gasteiger partial charge in [-0.1, -0.05) is 17.7 Å². The van der Waals surface area contributed by atoms with Crippen molar-refractivity contribution in [2.45, 2.75) is 25.9 Å². The molecule has 3 aromatic rings. The number of ether oxygens (including phenoxy) is 1. The molecule has 2 aromatic carbocycles. The van der Waals surface area contributed by atoms with Gasteiger partial charge in [-0.3, -0.25) is 19.5 Å². The number of carbonyl (C=O) groups is 2. The van der Waals surface area contributed by atoms with E-state index < -0.39 is 6.04 Å². The second-order valence-electron chi connectivity index (χ2n) is 7.82. The molecule has 1 atom stereocenters. The lowest BCUT2D eigenvalue weighted by atomic mass is 10.1. The molecule has 0 spiro atoms. The van der Waals surface area contributed by atoms with E-state index in [1.54, 1.807) is 66.9 Å². The van der Waals surface area contributed by atoms with Gasteiger partial charge >= 0.3 is 0 Å². The molecule has 0 aliphatic carbocycles. The number of anilines is 2. The molecule has 1 fully saturated rings. The van der Waals surface area contributed by atoms with Crippen LogP contribution in [0.25, 0.3) is 0 Å². The zero-order valence-electron chi connectivity index (χ0n) is 18.7. The largest absolute Gasteiger partial charge is 0.497 e. The molecule has 2 amide bonds. The summed E-state index contributed by atoms with van der Waals surface area (Å²) < 4.78 is 5.22. The number of nitrogens with zero attached hydrogens (tertiary/aromatic N) is 3. The Balaban J connectivity index is 1.61. The van der Waals surface area contributed by atoms with E-state index in [1.807, 2.05) is 19.1 Å². The van der Waals surface area contributed by atoms with Crippen molar-refractivity contribution in [3.8, 4) is 5.75 Å². The maximum absolute atomic E-state index is 13.5. The number of benzene rings is 2. The summed E-state index contributed by atoms with van der Waals surface area (Å²) in [7, 11) is 1.58. The molecular weight excluding hydrogens is 472 g/mol. The summed E-state index contributed by atoms with van der Waals surface area (Å²) in [5, 5.41) is 3.77. The van der Waals surface area contributed by atoms with Crippen LogP contribution in [0.5, 0.6) is 5.75 Å². The number of thiocarbonyl (C=S) groups is 1. The maximum atomic E-state index is 13.5. The standard InChI is InChI=1S/C25H23ClN4O3S/c1-16-20(26)4-3-5-21(16)28-23(31)14-22-24(32)30(18-6-8-19(33-2)9-7-18)25(34)29(22)15-17-10-12-27-13-11-17/h3-13,22H,14-15H2,1-2H3,(H,28,31)/t22-/m1/s1. The van der Waals surface area contributed by atoms with E-state index in [-0.39, 0.29) is 18.2 Å². The molecule has 174 valence electrons. The number of aromatic nitrogens is 1. The van der Waals surface area contributed by atoms with E-state index in [0.29, 0.717) is 33.8 Å². The minimum atomic E-state index is -0.762. The predicted molar refractivity (Wildman–Crippen MR) is 136 cm³/mol. The number of amides is 2. The van der Waals surface area contributed by atoms with Gasteiger partial charge in [0, 0.05) is 29.6 Å². The van der Waals surface area contributed by atoms with Crippen LogP contribution in [-0.4, -0.2) is 40.0 Å². The average molecular weight is 495 g/mol. The summed E-state index contributed by atoms with van der Waals surface area (Å²) in [5.41, 5.74) is 2.92. The van der Waals surface area contributed by atoms with Crippen LogP contribution < -0.4 is 15.0 Å². The van der Waals surface area contributed by atoms with Crippen LogP contribution in [0.4, 0.5) is 11.4 Å². The van der Waals surface area contributed by atoms with Crippen molar-refractivity contribution in [3.63, 3.8) is 0 Å². The number of nitrogens with one attached hydrogen (secondary N) is 1. The molecule has 1 aliphatic rings. The second kappa shape index (κ2) is 10.2. The molecule has 1 saturated heterocycles. The molecule has 1 aromatic heterocycles. The fourth-order valence-corrected chi connectivity index (χ4v) is 4.35. The third kappa shape index (κ3) is 4.88. The van der Waals surface area contributed by atoms with E-state index in [9.17, 15) is 9.59 Å². The van der Waals surface area contributed by atoms with Crippen molar-refractivity contribution in [1.82, 2.24) is 9.88 Å². The molecule has 4 rings (SSSR count). The first-order chi connectivity index (χ1) is 16.4. The molecule has 1 aliphatic heterocycles. The molecule has 0 radical (unpaired) electrons. The highest BCUT2D eigenvalue weighted by Gasteiger charge is 2.44. The van der Waals surface area contributed by atoms with Crippen LogP contribution in [0.1, 0.15) is 17.5 Å². The highest BCUT2D eigenvalue weighted by atomic mass is 35.5. The third-order valence-electron chi connectivity index (χ3n) is 5.67. The van der Waals surface area contributed by atoms with Crippen LogP contribution in [0, 0.1) is 6.92 Å². The summed E-state index contributed by atoms with van der Waals surface area (Å²) in [5.74, 6) is 0.104. The molecule has 2 heterocycles. The van der Waals surface area contributed by atoms with Gasteiger partial charge in [0.15, 0.2) is 5.11 Å². The zero-order valence-corrected chi connectivity index (χ0v) is 20.3. The SMILES string of the molecule is COc1ccc(N2C(=O)[C@@H](CC(=O)Nc3cccc(Cl)c3C)N(Cc3ccncc3)C2=S)cc1. The summed E-state index contributed by atoms with van der Waals surface area (Å²) in [6, 6.07) is 15.3. The first kappa shape index (κ1) is 23.7. The average Bonchev–Trinajstić information content (AvgIpc) is 3.06. The fourth-order valence-electron chi connectivity index (χ4n) is 3.79. The van der Waals surface area contributed by atoms with Crippen molar-refractivity contribution in [3.05, 3.63) is 83.1 Å². The lowest BCUT2D eigenvalue weighted by Gasteiger charge is -2.24. The topological polar surface area (TPSA) is 74.8 Å². The van der Waals surface area contributed by atoms with Gasteiger partial charge in [0.05, 0.1) is 19.2 Å². The Morgan fingerprint density at radius 3 is 2.53 bits per heavy atom. The van der Waals surface area contributed by atoms with Crippen molar-refractivity contribution in [2.24, 2.45) is 0 Å².